The third kappa shape index (κ3) is 8.43. The number of carbonyl (C=O) groups is 2. The number of nitrogens with one attached hydrogen (secondary N) is 2. The Morgan fingerprint density at radius 2 is 1.63 bits per heavy atom. The van der Waals surface area contributed by atoms with Gasteiger partial charge in [0.15, 0.2) is 0 Å². The van der Waals surface area contributed by atoms with Crippen molar-refractivity contribution in [1.29, 1.82) is 0 Å². The molecule has 0 saturated carbocycles. The molecule has 2 N–H and O–H groups in total. The van der Waals surface area contributed by atoms with E-state index in [0.29, 0.717) is 63.2 Å². The van der Waals surface area contributed by atoms with Gasteiger partial charge in [-0.05, 0) is 44.4 Å². The van der Waals surface area contributed by atoms with Gasteiger partial charge >= 0.3 is 18.2 Å². The number of urea groups is 1. The van der Waals surface area contributed by atoms with E-state index in [2.05, 4.69) is 25.3 Å². The molecule has 1 aromatic heterocycles. The summed E-state index contributed by atoms with van der Waals surface area (Å²) in [6.45, 7) is 3.76. The zero-order valence-electron chi connectivity index (χ0n) is 20.2. The predicted molar refractivity (Wildman–Crippen MR) is 125 cm³/mol. The van der Waals surface area contributed by atoms with E-state index in [0.717, 1.165) is 44.9 Å². The summed E-state index contributed by atoms with van der Waals surface area (Å²) in [7, 11) is 1.37. The third-order valence-corrected chi connectivity index (χ3v) is 6.48. The maximum Gasteiger partial charge on any atom is 0.451 e. The number of esters is 1. The van der Waals surface area contributed by atoms with E-state index in [-0.39, 0.29) is 12.0 Å². The van der Waals surface area contributed by atoms with Gasteiger partial charge in [-0.2, -0.15) is 13.2 Å². The van der Waals surface area contributed by atoms with Crippen molar-refractivity contribution in [3.8, 4) is 0 Å². The first kappa shape index (κ1) is 26.8. The van der Waals surface area contributed by atoms with Gasteiger partial charge in [0.25, 0.3) is 0 Å². The second kappa shape index (κ2) is 12.8. The van der Waals surface area contributed by atoms with E-state index in [1.54, 1.807) is 6.07 Å². The van der Waals surface area contributed by atoms with Gasteiger partial charge in [0.1, 0.15) is 11.6 Å². The molecule has 1 aromatic rings. The molecule has 0 atom stereocenters. The van der Waals surface area contributed by atoms with Crippen LogP contribution in [0.4, 0.5) is 29.6 Å². The fourth-order valence-electron chi connectivity index (χ4n) is 4.20. The van der Waals surface area contributed by atoms with Crippen LogP contribution in [0.25, 0.3) is 0 Å². The van der Waals surface area contributed by atoms with Crippen LogP contribution in [0.1, 0.15) is 57.2 Å². The lowest BCUT2D eigenvalue weighted by molar-refractivity contribution is -0.145. The van der Waals surface area contributed by atoms with E-state index in [4.69, 9.17) is 0 Å². The number of hydrogen-bond donors (Lipinski definition) is 2. The largest absolute Gasteiger partial charge is 0.469 e. The van der Waals surface area contributed by atoms with Crippen molar-refractivity contribution >= 4 is 23.6 Å². The molecule has 2 aliphatic rings. The molecule has 2 fully saturated rings. The van der Waals surface area contributed by atoms with Crippen LogP contribution in [0.5, 0.6) is 0 Å². The highest BCUT2D eigenvalue weighted by Crippen LogP contribution is 2.33. The second-order valence-electron chi connectivity index (χ2n) is 9.03. The molecule has 2 saturated heterocycles. The van der Waals surface area contributed by atoms with E-state index in [1.165, 1.54) is 7.11 Å². The third-order valence-electron chi connectivity index (χ3n) is 6.48. The van der Waals surface area contributed by atoms with Gasteiger partial charge in [0.05, 0.1) is 7.11 Å². The molecule has 196 valence electrons. The summed E-state index contributed by atoms with van der Waals surface area (Å²) in [4.78, 5) is 34.3. The summed E-state index contributed by atoms with van der Waals surface area (Å²) < 4.78 is 44.6. The topological polar surface area (TPSA) is 99.7 Å². The number of anilines is 2. The molecule has 12 heteroatoms. The molecule has 0 aromatic carbocycles. The lowest BCUT2D eigenvalue weighted by atomic mass is 9.93. The van der Waals surface area contributed by atoms with Crippen LogP contribution in [-0.2, 0) is 15.7 Å². The van der Waals surface area contributed by atoms with Crippen LogP contribution >= 0.6 is 0 Å². The number of carbonyl (C=O) groups excluding carboxylic acids is 2. The van der Waals surface area contributed by atoms with Crippen LogP contribution in [0.2, 0.25) is 0 Å². The van der Waals surface area contributed by atoms with Gasteiger partial charge in [0.2, 0.25) is 5.82 Å². The smallest absolute Gasteiger partial charge is 0.451 e. The first-order valence-corrected chi connectivity index (χ1v) is 12.3. The van der Waals surface area contributed by atoms with Crippen molar-refractivity contribution in [2.24, 2.45) is 5.92 Å². The number of rotatable bonds is 11. The van der Waals surface area contributed by atoms with Crippen LogP contribution in [0.3, 0.4) is 0 Å². The van der Waals surface area contributed by atoms with Crippen LogP contribution in [-0.4, -0.2) is 68.3 Å². The Hall–Kier alpha value is -2.79. The van der Waals surface area contributed by atoms with Gasteiger partial charge in [-0.25, -0.2) is 14.8 Å². The van der Waals surface area contributed by atoms with Crippen molar-refractivity contribution in [3.05, 3.63) is 11.9 Å². The Morgan fingerprint density at radius 3 is 2.20 bits per heavy atom. The van der Waals surface area contributed by atoms with E-state index in [1.807, 2.05) is 9.80 Å². The Bertz CT molecular complexity index is 842. The average molecular weight is 501 g/mol. The van der Waals surface area contributed by atoms with Crippen LogP contribution < -0.4 is 20.4 Å². The van der Waals surface area contributed by atoms with Crippen molar-refractivity contribution in [2.75, 3.05) is 56.2 Å². The molecular formula is C23H35F3N6O3. The fraction of sp³-hybridized carbons (Fsp3) is 0.739. The quantitative estimate of drug-likeness (QED) is 0.355. The summed E-state index contributed by atoms with van der Waals surface area (Å²) in [5.41, 5.74) is 0. The molecule has 0 radical (unpaired) electrons. The van der Waals surface area contributed by atoms with Gasteiger partial charge < -0.3 is 25.2 Å². The molecule has 0 spiro atoms. The monoisotopic (exact) mass is 500 g/mol. The normalized spacial score (nSPS) is 16.6. The van der Waals surface area contributed by atoms with Gasteiger partial charge in [-0.1, -0.05) is 6.42 Å². The molecule has 2 amide bonds. The number of halogens is 3. The number of piperidine rings is 1. The maximum atomic E-state index is 13.3. The number of unbranched alkanes of at least 4 members (excludes halogenated alkanes) is 2. The molecule has 3 rings (SSSR count). The minimum Gasteiger partial charge on any atom is -0.469 e. The minimum atomic E-state index is -4.58. The highest BCUT2D eigenvalue weighted by molar-refractivity contribution is 5.73. The number of hydrogen-bond acceptors (Lipinski definition) is 7. The van der Waals surface area contributed by atoms with Crippen LogP contribution in [0.15, 0.2) is 6.07 Å². The van der Waals surface area contributed by atoms with Gasteiger partial charge in [0, 0.05) is 51.8 Å². The Balaban J connectivity index is 1.35. The number of ether oxygens (including phenoxy) is 1. The Kier molecular flexibility index (Phi) is 9.79. The molecule has 9 nitrogen and oxygen atoms in total. The lowest BCUT2D eigenvalue weighted by Gasteiger charge is -2.35. The average Bonchev–Trinajstić information content (AvgIpc) is 2.79. The Morgan fingerprint density at radius 1 is 1.00 bits per heavy atom. The SMILES string of the molecule is COC(=O)CCCCCNC(=O)NCCC1CCN(c2cc(N3CCC3)nc(C(F)(F)F)n2)CC1. The van der Waals surface area contributed by atoms with E-state index < -0.39 is 12.0 Å². The molecule has 0 unspecified atom stereocenters. The van der Waals surface area contributed by atoms with E-state index in [9.17, 15) is 22.8 Å². The lowest BCUT2D eigenvalue weighted by Crippen LogP contribution is -2.40. The highest BCUT2D eigenvalue weighted by atomic mass is 19.4. The van der Waals surface area contributed by atoms with E-state index >= 15 is 0 Å². The number of aromatic nitrogens is 2. The standard InChI is InChI=1S/C23H35F3N6O3/c1-35-20(33)6-3-2-4-10-27-22(34)28-11-7-17-8-14-32(15-9-17)19-16-18(31-12-5-13-31)29-21(30-19)23(24,25)26/h16-17H,2-15H2,1H3,(H2,27,28,34). The Labute approximate surface area is 203 Å². The van der Waals surface area contributed by atoms with Crippen molar-refractivity contribution in [2.45, 2.75) is 57.5 Å². The van der Waals surface area contributed by atoms with Crippen molar-refractivity contribution < 1.29 is 27.5 Å². The number of methoxy groups -OCH3 is 1. The zero-order chi connectivity index (χ0) is 25.3. The molecule has 0 aliphatic carbocycles. The number of amides is 2. The number of alkyl halides is 3. The molecule has 0 bridgehead atoms. The summed E-state index contributed by atoms with van der Waals surface area (Å²) in [5.74, 6) is -0.242. The zero-order valence-corrected chi connectivity index (χ0v) is 20.2. The van der Waals surface area contributed by atoms with Gasteiger partial charge in [-0.15, -0.1) is 0 Å². The molecule has 3 heterocycles. The highest BCUT2D eigenvalue weighted by Gasteiger charge is 2.37. The van der Waals surface area contributed by atoms with Crippen LogP contribution in [0, 0.1) is 5.92 Å². The predicted octanol–water partition coefficient (Wildman–Crippen LogP) is 3.34. The first-order chi connectivity index (χ1) is 16.8. The van der Waals surface area contributed by atoms with Crippen molar-refractivity contribution in [1.82, 2.24) is 20.6 Å². The summed E-state index contributed by atoms with van der Waals surface area (Å²) in [5, 5.41) is 5.67. The number of nitrogens with zero attached hydrogens (tertiary/aromatic N) is 4. The van der Waals surface area contributed by atoms with Crippen molar-refractivity contribution in [3.63, 3.8) is 0 Å². The second-order valence-corrected chi connectivity index (χ2v) is 9.03. The summed E-state index contributed by atoms with van der Waals surface area (Å²) in [6, 6.07) is 1.45. The molecular weight excluding hydrogens is 465 g/mol. The maximum absolute atomic E-state index is 13.3. The first-order valence-electron chi connectivity index (χ1n) is 12.3. The summed E-state index contributed by atoms with van der Waals surface area (Å²) >= 11 is 0. The molecule has 35 heavy (non-hydrogen) atoms. The fourth-order valence-corrected chi connectivity index (χ4v) is 4.20. The summed E-state index contributed by atoms with van der Waals surface area (Å²) in [6.07, 6.45) is 1.60. The minimum absolute atomic E-state index is 0.213. The van der Waals surface area contributed by atoms with Gasteiger partial charge in [-0.3, -0.25) is 4.79 Å². The molecule has 2 aliphatic heterocycles.